The summed E-state index contributed by atoms with van der Waals surface area (Å²) in [6, 6.07) is 6.76. The Morgan fingerprint density at radius 1 is 1.30 bits per heavy atom. The van der Waals surface area contributed by atoms with Gasteiger partial charge >= 0.3 is 0 Å². The summed E-state index contributed by atoms with van der Waals surface area (Å²) in [5, 5.41) is 0.648. The summed E-state index contributed by atoms with van der Waals surface area (Å²) in [6.07, 6.45) is 0. The molecule has 0 aliphatic heterocycles. The van der Waals surface area contributed by atoms with Gasteiger partial charge < -0.3 is 0 Å². The fourth-order valence-corrected chi connectivity index (χ4v) is 0.879. The Balaban J connectivity index is 3.00. The zero-order valence-electron chi connectivity index (χ0n) is 4.95. The van der Waals surface area contributed by atoms with Crippen LogP contribution in [0, 0.1) is 0 Å². The van der Waals surface area contributed by atoms with Crippen molar-refractivity contribution in [2.75, 3.05) is 0 Å². The van der Waals surface area contributed by atoms with Crippen LogP contribution in [0.2, 0.25) is 5.02 Å². The van der Waals surface area contributed by atoms with E-state index in [1.165, 1.54) is 0 Å². The summed E-state index contributed by atoms with van der Waals surface area (Å²) < 4.78 is 13.5. The molecule has 0 spiro atoms. The molecule has 0 fully saturated rings. The lowest BCUT2D eigenvalue weighted by Crippen LogP contribution is -1.61. The van der Waals surface area contributed by atoms with Crippen LogP contribution in [-0.4, -0.2) is 4.21 Å². The molecular formula is C6H4ClNOS. The number of benzene rings is 1. The summed E-state index contributed by atoms with van der Waals surface area (Å²) in [4.78, 5) is 0. The first-order chi connectivity index (χ1) is 4.83. The average molecular weight is 174 g/mol. The number of nitrogens with zero attached hydrogens (tertiary/aromatic N) is 1. The van der Waals surface area contributed by atoms with Crippen molar-refractivity contribution < 1.29 is 4.21 Å². The maximum atomic E-state index is 9.90. The molecule has 0 saturated carbocycles. The minimum Gasteiger partial charge on any atom is -0.191 e. The van der Waals surface area contributed by atoms with Crippen molar-refractivity contribution in [3.8, 4) is 0 Å². The molecular weight excluding hydrogens is 170 g/mol. The van der Waals surface area contributed by atoms with Gasteiger partial charge in [0, 0.05) is 5.02 Å². The number of hydrogen-bond donors (Lipinski definition) is 0. The highest BCUT2D eigenvalue weighted by Gasteiger charge is 1.86. The van der Waals surface area contributed by atoms with E-state index in [1.807, 2.05) is 0 Å². The van der Waals surface area contributed by atoms with E-state index in [0.29, 0.717) is 10.7 Å². The monoisotopic (exact) mass is 173 g/mol. The summed E-state index contributed by atoms with van der Waals surface area (Å²) in [5.74, 6) is 0. The van der Waals surface area contributed by atoms with Gasteiger partial charge in [0.2, 0.25) is 11.5 Å². The van der Waals surface area contributed by atoms with Gasteiger partial charge in [-0.05, 0) is 24.3 Å². The molecule has 0 aliphatic carbocycles. The second-order valence-electron chi connectivity index (χ2n) is 1.64. The molecule has 0 heterocycles. The van der Waals surface area contributed by atoms with Crippen molar-refractivity contribution in [3.63, 3.8) is 0 Å². The second kappa shape index (κ2) is 3.49. The number of hydrogen-bond acceptors (Lipinski definition) is 2. The molecule has 0 N–H and O–H groups in total. The van der Waals surface area contributed by atoms with Gasteiger partial charge in [0.25, 0.3) is 0 Å². The van der Waals surface area contributed by atoms with Crippen LogP contribution in [0.1, 0.15) is 0 Å². The molecule has 0 unspecified atom stereocenters. The topological polar surface area (TPSA) is 29.4 Å². The highest BCUT2D eigenvalue weighted by atomic mass is 35.5. The Hall–Kier alpha value is -0.670. The predicted molar refractivity (Wildman–Crippen MR) is 41.7 cm³/mol. The summed E-state index contributed by atoms with van der Waals surface area (Å²) >= 11 is 5.78. The van der Waals surface area contributed by atoms with E-state index in [2.05, 4.69) is 4.36 Å². The molecule has 4 heteroatoms. The van der Waals surface area contributed by atoms with Crippen LogP contribution in [0.3, 0.4) is 0 Å². The molecule has 0 bridgehead atoms. The lowest BCUT2D eigenvalue weighted by molar-refractivity contribution is 0.698. The van der Waals surface area contributed by atoms with E-state index in [9.17, 15) is 4.21 Å². The SMILES string of the molecule is O=S=Nc1ccc(Cl)cc1. The Bertz CT molecular complexity index is 266. The van der Waals surface area contributed by atoms with Gasteiger partial charge in [-0.1, -0.05) is 11.6 Å². The van der Waals surface area contributed by atoms with Gasteiger partial charge in [-0.15, -0.1) is 0 Å². The van der Waals surface area contributed by atoms with E-state index in [4.69, 9.17) is 11.6 Å². The third kappa shape index (κ3) is 1.93. The Labute approximate surface area is 67.1 Å². The molecule has 1 aromatic rings. The maximum absolute atomic E-state index is 9.90. The van der Waals surface area contributed by atoms with Crippen molar-refractivity contribution >= 4 is 28.8 Å². The van der Waals surface area contributed by atoms with Crippen molar-refractivity contribution in [1.82, 2.24) is 0 Å². The van der Waals surface area contributed by atoms with Gasteiger partial charge in [0.05, 0.1) is 5.69 Å². The number of rotatable bonds is 1. The third-order valence-electron chi connectivity index (χ3n) is 0.969. The molecule has 0 aromatic heterocycles. The van der Waals surface area contributed by atoms with Gasteiger partial charge in [-0.2, -0.15) is 8.57 Å². The Kier molecular flexibility index (Phi) is 2.59. The normalized spacial score (nSPS) is 8.90. The van der Waals surface area contributed by atoms with Gasteiger partial charge in [-0.3, -0.25) is 0 Å². The first-order valence-corrected chi connectivity index (χ1v) is 3.66. The lowest BCUT2D eigenvalue weighted by Gasteiger charge is -1.87. The molecule has 0 saturated heterocycles. The van der Waals surface area contributed by atoms with Crippen LogP contribution < -0.4 is 0 Å². The largest absolute Gasteiger partial charge is 0.205 e. The predicted octanol–water partition coefficient (Wildman–Crippen LogP) is 2.37. The smallest absolute Gasteiger partial charge is 0.191 e. The van der Waals surface area contributed by atoms with E-state index < -0.39 is 0 Å². The fourth-order valence-electron chi connectivity index (χ4n) is 0.545. The van der Waals surface area contributed by atoms with Crippen LogP contribution in [0.5, 0.6) is 0 Å². The molecule has 0 aliphatic rings. The average Bonchev–Trinajstić information content (AvgIpc) is 1.95. The van der Waals surface area contributed by atoms with Gasteiger partial charge in [-0.25, -0.2) is 0 Å². The fraction of sp³-hybridized carbons (Fsp3) is 0. The van der Waals surface area contributed by atoms with E-state index in [0.717, 1.165) is 0 Å². The minimum atomic E-state index is 0.192. The molecule has 0 radical (unpaired) electrons. The maximum Gasteiger partial charge on any atom is 0.205 e. The van der Waals surface area contributed by atoms with Gasteiger partial charge in [0.15, 0.2) is 0 Å². The molecule has 52 valence electrons. The molecule has 10 heavy (non-hydrogen) atoms. The van der Waals surface area contributed by atoms with Crippen LogP contribution in [0.25, 0.3) is 0 Å². The van der Waals surface area contributed by atoms with Crippen molar-refractivity contribution in [2.24, 2.45) is 4.36 Å². The van der Waals surface area contributed by atoms with Crippen molar-refractivity contribution in [3.05, 3.63) is 29.3 Å². The van der Waals surface area contributed by atoms with Crippen LogP contribution in [-0.2, 0) is 11.5 Å². The highest BCUT2D eigenvalue weighted by Crippen LogP contribution is 2.15. The van der Waals surface area contributed by atoms with Crippen molar-refractivity contribution in [2.45, 2.75) is 0 Å². The van der Waals surface area contributed by atoms with Crippen LogP contribution in [0.4, 0.5) is 5.69 Å². The minimum absolute atomic E-state index is 0.192. The first-order valence-electron chi connectivity index (χ1n) is 2.58. The molecule has 0 amide bonds. The zero-order chi connectivity index (χ0) is 7.40. The van der Waals surface area contributed by atoms with Crippen LogP contribution >= 0.6 is 11.6 Å². The standard InChI is InChI=1S/C6H4ClNOS/c7-5-1-3-6(4-2-5)8-10-9/h1-4H. The molecule has 0 atom stereocenters. The molecule has 1 rings (SSSR count). The summed E-state index contributed by atoms with van der Waals surface area (Å²) in [5.41, 5.74) is 0.643. The Morgan fingerprint density at radius 3 is 2.40 bits per heavy atom. The number of halogens is 1. The zero-order valence-corrected chi connectivity index (χ0v) is 6.52. The Morgan fingerprint density at radius 2 is 1.90 bits per heavy atom. The summed E-state index contributed by atoms with van der Waals surface area (Å²) in [7, 11) is 0. The van der Waals surface area contributed by atoms with E-state index in [-0.39, 0.29) is 11.5 Å². The summed E-state index contributed by atoms with van der Waals surface area (Å²) in [6.45, 7) is 0. The van der Waals surface area contributed by atoms with Crippen molar-refractivity contribution in [1.29, 1.82) is 0 Å². The van der Waals surface area contributed by atoms with E-state index in [1.54, 1.807) is 24.3 Å². The second-order valence-corrected chi connectivity index (χ2v) is 2.41. The first kappa shape index (κ1) is 7.44. The highest BCUT2D eigenvalue weighted by molar-refractivity contribution is 7.54. The van der Waals surface area contributed by atoms with Gasteiger partial charge in [0.1, 0.15) is 0 Å². The van der Waals surface area contributed by atoms with Crippen LogP contribution in [0.15, 0.2) is 28.6 Å². The molecule has 1 aromatic carbocycles. The van der Waals surface area contributed by atoms with E-state index >= 15 is 0 Å². The third-order valence-corrected chi connectivity index (χ3v) is 1.51. The molecule has 2 nitrogen and oxygen atoms in total. The quantitative estimate of drug-likeness (QED) is 0.641. The lowest BCUT2D eigenvalue weighted by atomic mass is 10.3.